The van der Waals surface area contributed by atoms with Gasteiger partial charge in [-0.15, -0.1) is 0 Å². The lowest BCUT2D eigenvalue weighted by atomic mass is 10.1. The zero-order valence-electron chi connectivity index (χ0n) is 15.4. The number of imidazole rings is 1. The number of hydrogen-bond donors (Lipinski definition) is 4. The first-order chi connectivity index (χ1) is 13.0. The maximum atomic E-state index is 11.6. The SMILES string of the molecule is CCCCNc1nc(N)c2nc(O)n(Cc3ccc(C(=O)NC)cc3)c2n1. The second-order valence-corrected chi connectivity index (χ2v) is 6.16. The number of anilines is 2. The third kappa shape index (κ3) is 3.91. The molecule has 0 unspecified atom stereocenters. The number of aromatic hydroxyl groups is 1. The molecule has 0 spiro atoms. The summed E-state index contributed by atoms with van der Waals surface area (Å²) in [5.74, 6) is 0.466. The zero-order valence-corrected chi connectivity index (χ0v) is 15.4. The first-order valence-corrected chi connectivity index (χ1v) is 8.81. The average Bonchev–Trinajstić information content (AvgIpc) is 2.98. The van der Waals surface area contributed by atoms with Crippen molar-refractivity contribution in [3.8, 4) is 6.01 Å². The summed E-state index contributed by atoms with van der Waals surface area (Å²) in [6.45, 7) is 3.17. The number of aromatic nitrogens is 4. The molecule has 3 aromatic rings. The van der Waals surface area contributed by atoms with E-state index in [-0.39, 0.29) is 17.7 Å². The smallest absolute Gasteiger partial charge is 0.296 e. The number of carbonyl (C=O) groups is 1. The van der Waals surface area contributed by atoms with E-state index in [0.717, 1.165) is 24.9 Å². The van der Waals surface area contributed by atoms with Gasteiger partial charge in [0.25, 0.3) is 11.9 Å². The van der Waals surface area contributed by atoms with E-state index in [1.54, 1.807) is 23.7 Å². The number of nitrogens with one attached hydrogen (secondary N) is 2. The summed E-state index contributed by atoms with van der Waals surface area (Å²) >= 11 is 0. The zero-order chi connectivity index (χ0) is 19.4. The summed E-state index contributed by atoms with van der Waals surface area (Å²) < 4.78 is 1.56. The molecule has 9 nitrogen and oxygen atoms in total. The molecule has 2 aromatic heterocycles. The van der Waals surface area contributed by atoms with Crippen molar-refractivity contribution in [2.24, 2.45) is 0 Å². The molecule has 3 rings (SSSR count). The number of amides is 1. The van der Waals surface area contributed by atoms with Crippen molar-refractivity contribution in [1.82, 2.24) is 24.8 Å². The van der Waals surface area contributed by atoms with Crippen molar-refractivity contribution in [2.75, 3.05) is 24.6 Å². The van der Waals surface area contributed by atoms with Crippen molar-refractivity contribution in [1.29, 1.82) is 0 Å². The van der Waals surface area contributed by atoms with Gasteiger partial charge in [0.15, 0.2) is 17.0 Å². The highest BCUT2D eigenvalue weighted by molar-refractivity contribution is 5.94. The maximum absolute atomic E-state index is 11.6. The lowest BCUT2D eigenvalue weighted by Gasteiger charge is -2.08. The molecule has 0 radical (unpaired) electrons. The number of benzene rings is 1. The fourth-order valence-electron chi connectivity index (χ4n) is 2.70. The Balaban J connectivity index is 1.91. The van der Waals surface area contributed by atoms with Gasteiger partial charge in [0.2, 0.25) is 5.95 Å². The van der Waals surface area contributed by atoms with Gasteiger partial charge in [-0.1, -0.05) is 25.5 Å². The van der Waals surface area contributed by atoms with Crippen LogP contribution in [0.3, 0.4) is 0 Å². The number of carbonyl (C=O) groups excluding carboxylic acids is 1. The highest BCUT2D eigenvalue weighted by atomic mass is 16.3. The number of fused-ring (bicyclic) bond motifs is 1. The van der Waals surface area contributed by atoms with Crippen LogP contribution in [0.15, 0.2) is 24.3 Å². The van der Waals surface area contributed by atoms with E-state index in [9.17, 15) is 9.90 Å². The Kier molecular flexibility index (Phi) is 5.39. The van der Waals surface area contributed by atoms with E-state index in [4.69, 9.17) is 5.73 Å². The van der Waals surface area contributed by atoms with Crippen molar-refractivity contribution >= 4 is 28.8 Å². The molecule has 0 bridgehead atoms. The molecule has 0 aliphatic carbocycles. The summed E-state index contributed by atoms with van der Waals surface area (Å²) in [5.41, 5.74) is 8.24. The number of nitrogen functional groups attached to an aromatic ring is 1. The lowest BCUT2D eigenvalue weighted by molar-refractivity contribution is 0.0963. The van der Waals surface area contributed by atoms with E-state index in [1.165, 1.54) is 0 Å². The van der Waals surface area contributed by atoms with Crippen molar-refractivity contribution < 1.29 is 9.90 Å². The number of rotatable bonds is 7. The molecule has 0 saturated heterocycles. The molecule has 1 amide bonds. The third-order valence-corrected chi connectivity index (χ3v) is 4.20. The highest BCUT2D eigenvalue weighted by Gasteiger charge is 2.16. The van der Waals surface area contributed by atoms with E-state index >= 15 is 0 Å². The van der Waals surface area contributed by atoms with Crippen LogP contribution in [0.1, 0.15) is 35.7 Å². The third-order valence-electron chi connectivity index (χ3n) is 4.20. The van der Waals surface area contributed by atoms with Crippen LogP contribution in [0.4, 0.5) is 11.8 Å². The lowest BCUT2D eigenvalue weighted by Crippen LogP contribution is -2.17. The normalized spacial score (nSPS) is 10.9. The summed E-state index contributed by atoms with van der Waals surface area (Å²) in [5, 5.41) is 16.0. The van der Waals surface area contributed by atoms with E-state index in [1.807, 2.05) is 12.1 Å². The molecule has 0 atom stereocenters. The number of nitrogens with zero attached hydrogens (tertiary/aromatic N) is 4. The van der Waals surface area contributed by atoms with Crippen molar-refractivity contribution in [2.45, 2.75) is 26.3 Å². The number of unbranched alkanes of at least 4 members (excludes halogenated alkanes) is 1. The highest BCUT2D eigenvalue weighted by Crippen LogP contribution is 2.25. The fourth-order valence-corrected chi connectivity index (χ4v) is 2.70. The standard InChI is InChI=1S/C18H23N7O2/c1-3-4-9-21-17-23-14(19)13-15(24-17)25(18(27)22-13)10-11-5-7-12(8-6-11)16(26)20-2/h5-8H,3-4,9-10H2,1-2H3,(H,20,26)(H,22,27)(H3,19,21,23,24). The summed E-state index contributed by atoms with van der Waals surface area (Å²) in [6, 6.07) is 6.91. The minimum absolute atomic E-state index is 0.152. The molecular formula is C18H23N7O2. The summed E-state index contributed by atoms with van der Waals surface area (Å²) in [4.78, 5) is 24.4. The first-order valence-electron chi connectivity index (χ1n) is 8.81. The molecule has 2 heterocycles. The Morgan fingerprint density at radius 3 is 2.63 bits per heavy atom. The van der Waals surface area contributed by atoms with Gasteiger partial charge in [-0.25, -0.2) is 0 Å². The molecule has 142 valence electrons. The van der Waals surface area contributed by atoms with Gasteiger partial charge in [-0.3, -0.25) is 9.36 Å². The monoisotopic (exact) mass is 369 g/mol. The van der Waals surface area contributed by atoms with E-state index in [2.05, 4.69) is 32.5 Å². The van der Waals surface area contributed by atoms with Crippen LogP contribution >= 0.6 is 0 Å². The van der Waals surface area contributed by atoms with Gasteiger partial charge in [0, 0.05) is 19.2 Å². The van der Waals surface area contributed by atoms with Crippen LogP contribution in [-0.4, -0.2) is 44.1 Å². The van der Waals surface area contributed by atoms with Gasteiger partial charge >= 0.3 is 0 Å². The Hall–Kier alpha value is -3.36. The molecule has 27 heavy (non-hydrogen) atoms. The molecule has 0 fully saturated rings. The van der Waals surface area contributed by atoms with Crippen LogP contribution in [0.5, 0.6) is 6.01 Å². The first kappa shape index (κ1) is 18.4. The molecular weight excluding hydrogens is 346 g/mol. The fraction of sp³-hybridized carbons (Fsp3) is 0.333. The Morgan fingerprint density at radius 2 is 1.96 bits per heavy atom. The van der Waals surface area contributed by atoms with Crippen LogP contribution in [-0.2, 0) is 6.54 Å². The van der Waals surface area contributed by atoms with Crippen LogP contribution < -0.4 is 16.4 Å². The summed E-state index contributed by atoms with van der Waals surface area (Å²) in [7, 11) is 1.59. The Bertz CT molecular complexity index is 950. The average molecular weight is 369 g/mol. The molecule has 0 saturated carbocycles. The van der Waals surface area contributed by atoms with Gasteiger partial charge in [-0.2, -0.15) is 15.0 Å². The number of nitrogens with two attached hydrogens (primary N) is 1. The van der Waals surface area contributed by atoms with Gasteiger partial charge < -0.3 is 21.5 Å². The van der Waals surface area contributed by atoms with Gasteiger partial charge in [-0.05, 0) is 24.1 Å². The predicted octanol–water partition coefficient (Wildman–Crippen LogP) is 1.73. The van der Waals surface area contributed by atoms with Crippen LogP contribution in [0.2, 0.25) is 0 Å². The van der Waals surface area contributed by atoms with E-state index < -0.39 is 0 Å². The quantitative estimate of drug-likeness (QED) is 0.466. The predicted molar refractivity (Wildman–Crippen MR) is 104 cm³/mol. The molecule has 1 aromatic carbocycles. The van der Waals surface area contributed by atoms with E-state index in [0.29, 0.717) is 29.2 Å². The minimum Gasteiger partial charge on any atom is -0.480 e. The second-order valence-electron chi connectivity index (χ2n) is 6.16. The Labute approximate surface area is 156 Å². The Morgan fingerprint density at radius 1 is 1.22 bits per heavy atom. The van der Waals surface area contributed by atoms with Crippen LogP contribution in [0, 0.1) is 0 Å². The summed E-state index contributed by atoms with van der Waals surface area (Å²) in [6.07, 6.45) is 2.04. The second kappa shape index (κ2) is 7.90. The molecule has 9 heteroatoms. The molecule has 0 aliphatic heterocycles. The minimum atomic E-state index is -0.188. The molecule has 0 aliphatic rings. The van der Waals surface area contributed by atoms with Gasteiger partial charge in [0.05, 0.1) is 6.54 Å². The van der Waals surface area contributed by atoms with Crippen molar-refractivity contribution in [3.05, 3.63) is 35.4 Å². The van der Waals surface area contributed by atoms with Crippen molar-refractivity contribution in [3.63, 3.8) is 0 Å². The van der Waals surface area contributed by atoms with Gasteiger partial charge in [0.1, 0.15) is 0 Å². The number of hydrogen-bond acceptors (Lipinski definition) is 7. The maximum Gasteiger partial charge on any atom is 0.296 e. The molecule has 5 N–H and O–H groups in total. The largest absolute Gasteiger partial charge is 0.480 e. The topological polar surface area (TPSA) is 131 Å². The van der Waals surface area contributed by atoms with Crippen LogP contribution in [0.25, 0.3) is 11.2 Å².